The van der Waals surface area contributed by atoms with Crippen LogP contribution in [0.2, 0.25) is 0 Å². The highest BCUT2D eigenvalue weighted by Crippen LogP contribution is 2.20. The minimum atomic E-state index is -0.332. The fraction of sp³-hybridized carbons (Fsp3) is 0.227. The van der Waals surface area contributed by atoms with E-state index in [1.165, 1.54) is 28.1 Å². The molecule has 0 fully saturated rings. The average molecular weight is 394 g/mol. The van der Waals surface area contributed by atoms with Crippen molar-refractivity contribution in [3.05, 3.63) is 87.7 Å². The lowest BCUT2D eigenvalue weighted by Crippen LogP contribution is -2.30. The lowest BCUT2D eigenvalue weighted by atomic mass is 10.1. The number of rotatable bonds is 6. The summed E-state index contributed by atoms with van der Waals surface area (Å²) in [6, 6.07) is 18.8. The Balaban J connectivity index is 1.66. The number of nitrogens with zero attached hydrogens (tertiary/aromatic N) is 2. The van der Waals surface area contributed by atoms with Crippen molar-refractivity contribution < 1.29 is 4.79 Å². The molecule has 0 saturated heterocycles. The second-order valence-electron chi connectivity index (χ2n) is 6.72. The molecule has 0 aliphatic rings. The van der Waals surface area contributed by atoms with Gasteiger partial charge in [0.2, 0.25) is 5.91 Å². The van der Waals surface area contributed by atoms with E-state index in [1.54, 1.807) is 6.07 Å². The van der Waals surface area contributed by atoms with Crippen LogP contribution in [0.1, 0.15) is 23.6 Å². The molecule has 0 radical (unpaired) electrons. The molecule has 6 heteroatoms. The molecular weight excluding hydrogens is 370 g/mol. The number of carbonyl (C=O) groups excluding carboxylic acids is 1. The molecule has 0 aliphatic heterocycles. The molecule has 0 aliphatic carbocycles. The third kappa shape index (κ3) is 5.10. The third-order valence-electron chi connectivity index (χ3n) is 4.31. The van der Waals surface area contributed by atoms with Crippen LogP contribution in [-0.4, -0.2) is 20.9 Å². The van der Waals surface area contributed by atoms with Crippen molar-refractivity contribution in [2.45, 2.75) is 37.6 Å². The van der Waals surface area contributed by atoms with Gasteiger partial charge in [-0.2, -0.15) is 9.78 Å². The lowest BCUT2D eigenvalue weighted by Gasteiger charge is -2.13. The fourth-order valence-corrected chi connectivity index (χ4v) is 3.43. The molecule has 28 heavy (non-hydrogen) atoms. The summed E-state index contributed by atoms with van der Waals surface area (Å²) in [6.07, 6.45) is 0. The number of aromatic nitrogens is 2. The molecule has 1 amide bonds. The van der Waals surface area contributed by atoms with Gasteiger partial charge in [0.1, 0.15) is 5.03 Å². The van der Waals surface area contributed by atoms with Gasteiger partial charge in [-0.3, -0.25) is 9.59 Å². The van der Waals surface area contributed by atoms with Crippen LogP contribution in [0, 0.1) is 13.8 Å². The highest BCUT2D eigenvalue weighted by Gasteiger charge is 2.16. The van der Waals surface area contributed by atoms with Gasteiger partial charge in [-0.05, 0) is 44.5 Å². The Morgan fingerprint density at radius 3 is 2.25 bits per heavy atom. The van der Waals surface area contributed by atoms with E-state index in [0.29, 0.717) is 17.3 Å². The summed E-state index contributed by atoms with van der Waals surface area (Å²) >= 11 is 1.33. The maximum absolute atomic E-state index is 12.4. The number of hydrogen-bond donors (Lipinski definition) is 1. The molecular formula is C22H23N3O2S. The van der Waals surface area contributed by atoms with Gasteiger partial charge in [-0.15, -0.1) is 0 Å². The Bertz CT molecular complexity index is 1010. The van der Waals surface area contributed by atoms with E-state index in [9.17, 15) is 9.59 Å². The Morgan fingerprint density at radius 2 is 1.61 bits per heavy atom. The summed E-state index contributed by atoms with van der Waals surface area (Å²) in [5.41, 5.74) is 3.86. The minimum absolute atomic E-state index is 0.0690. The Morgan fingerprint density at radius 1 is 1.00 bits per heavy atom. The van der Waals surface area contributed by atoms with Gasteiger partial charge < -0.3 is 5.32 Å². The SMILES string of the molecule is Cc1ccc(CNC(=O)[C@@H](C)Sc2ccc(=O)n(-c3ccc(C)cc3)n2)cc1. The molecule has 0 unspecified atom stereocenters. The lowest BCUT2D eigenvalue weighted by molar-refractivity contribution is -0.120. The van der Waals surface area contributed by atoms with Crippen molar-refractivity contribution in [2.24, 2.45) is 0 Å². The summed E-state index contributed by atoms with van der Waals surface area (Å²) in [5, 5.41) is 7.65. The predicted molar refractivity (Wildman–Crippen MR) is 113 cm³/mol. The molecule has 0 saturated carbocycles. The number of carbonyl (C=O) groups is 1. The van der Waals surface area contributed by atoms with E-state index in [4.69, 9.17) is 0 Å². The van der Waals surface area contributed by atoms with E-state index in [0.717, 1.165) is 11.1 Å². The smallest absolute Gasteiger partial charge is 0.271 e. The number of amides is 1. The summed E-state index contributed by atoms with van der Waals surface area (Å²) in [7, 11) is 0. The molecule has 1 aromatic heterocycles. The van der Waals surface area contributed by atoms with Crippen LogP contribution in [0.5, 0.6) is 0 Å². The zero-order chi connectivity index (χ0) is 20.1. The highest BCUT2D eigenvalue weighted by atomic mass is 32.2. The van der Waals surface area contributed by atoms with Crippen LogP contribution >= 0.6 is 11.8 Å². The summed E-state index contributed by atoms with van der Waals surface area (Å²) in [6.45, 7) is 6.34. The molecule has 0 bridgehead atoms. The van der Waals surface area contributed by atoms with Crippen molar-refractivity contribution >= 4 is 17.7 Å². The molecule has 2 aromatic carbocycles. The van der Waals surface area contributed by atoms with E-state index in [1.807, 2.05) is 69.3 Å². The summed E-state index contributed by atoms with van der Waals surface area (Å²) in [5.74, 6) is -0.0690. The highest BCUT2D eigenvalue weighted by molar-refractivity contribution is 8.00. The Kier molecular flexibility index (Phi) is 6.31. The number of aryl methyl sites for hydroxylation is 2. The first-order chi connectivity index (χ1) is 13.4. The van der Waals surface area contributed by atoms with Crippen LogP contribution < -0.4 is 10.9 Å². The molecule has 3 rings (SSSR count). The van der Waals surface area contributed by atoms with Crippen LogP contribution in [0.25, 0.3) is 5.69 Å². The van der Waals surface area contributed by atoms with Crippen LogP contribution in [0.15, 0.2) is 70.5 Å². The maximum atomic E-state index is 12.4. The zero-order valence-electron chi connectivity index (χ0n) is 16.2. The van der Waals surface area contributed by atoms with E-state index < -0.39 is 0 Å². The number of thioether (sulfide) groups is 1. The first-order valence-electron chi connectivity index (χ1n) is 9.10. The maximum Gasteiger partial charge on any atom is 0.271 e. The van der Waals surface area contributed by atoms with Gasteiger partial charge in [-0.1, -0.05) is 59.3 Å². The van der Waals surface area contributed by atoms with E-state index in [-0.39, 0.29) is 16.7 Å². The monoisotopic (exact) mass is 393 g/mol. The van der Waals surface area contributed by atoms with Crippen molar-refractivity contribution in [1.29, 1.82) is 0 Å². The number of benzene rings is 2. The average Bonchev–Trinajstić information content (AvgIpc) is 2.69. The molecule has 5 nitrogen and oxygen atoms in total. The van der Waals surface area contributed by atoms with Gasteiger partial charge in [-0.25, -0.2) is 0 Å². The second kappa shape index (κ2) is 8.89. The Hall–Kier alpha value is -2.86. The fourth-order valence-electron chi connectivity index (χ4n) is 2.60. The van der Waals surface area contributed by atoms with Gasteiger partial charge in [0.25, 0.3) is 5.56 Å². The number of hydrogen-bond acceptors (Lipinski definition) is 4. The predicted octanol–water partition coefficient (Wildman–Crippen LogP) is 3.65. The second-order valence-corrected chi connectivity index (χ2v) is 8.08. The first kappa shape index (κ1) is 19.9. The van der Waals surface area contributed by atoms with Crippen LogP contribution in [0.3, 0.4) is 0 Å². The van der Waals surface area contributed by atoms with Crippen LogP contribution in [-0.2, 0) is 11.3 Å². The molecule has 1 heterocycles. The molecule has 1 N–H and O–H groups in total. The van der Waals surface area contributed by atoms with Gasteiger partial charge >= 0.3 is 0 Å². The molecule has 3 aromatic rings. The first-order valence-corrected chi connectivity index (χ1v) is 9.98. The standard InChI is InChI=1S/C22H23N3O2S/c1-15-4-8-18(9-5-15)14-23-22(27)17(3)28-20-12-13-21(26)25(24-20)19-10-6-16(2)7-11-19/h4-13,17H,14H2,1-3H3,(H,23,27)/t17-/m1/s1. The van der Waals surface area contributed by atoms with Gasteiger partial charge in [0.15, 0.2) is 0 Å². The minimum Gasteiger partial charge on any atom is -0.351 e. The van der Waals surface area contributed by atoms with E-state index in [2.05, 4.69) is 10.4 Å². The molecule has 0 spiro atoms. The normalized spacial score (nSPS) is 11.8. The molecule has 144 valence electrons. The topological polar surface area (TPSA) is 64.0 Å². The Labute approximate surface area is 168 Å². The van der Waals surface area contributed by atoms with Crippen molar-refractivity contribution in [3.63, 3.8) is 0 Å². The van der Waals surface area contributed by atoms with Crippen molar-refractivity contribution in [2.75, 3.05) is 0 Å². The van der Waals surface area contributed by atoms with E-state index >= 15 is 0 Å². The van der Waals surface area contributed by atoms with Crippen LogP contribution in [0.4, 0.5) is 0 Å². The quantitative estimate of drug-likeness (QED) is 0.650. The summed E-state index contributed by atoms with van der Waals surface area (Å²) < 4.78 is 1.36. The van der Waals surface area contributed by atoms with Crippen molar-refractivity contribution in [1.82, 2.24) is 15.1 Å². The van der Waals surface area contributed by atoms with Gasteiger partial charge in [0.05, 0.1) is 10.9 Å². The van der Waals surface area contributed by atoms with Crippen molar-refractivity contribution in [3.8, 4) is 5.69 Å². The third-order valence-corrected chi connectivity index (χ3v) is 5.34. The van der Waals surface area contributed by atoms with Gasteiger partial charge in [0, 0.05) is 12.6 Å². The number of nitrogens with one attached hydrogen (secondary N) is 1. The molecule has 1 atom stereocenters. The largest absolute Gasteiger partial charge is 0.351 e. The zero-order valence-corrected chi connectivity index (χ0v) is 17.0. The summed E-state index contributed by atoms with van der Waals surface area (Å²) in [4.78, 5) is 24.6.